The summed E-state index contributed by atoms with van der Waals surface area (Å²) in [7, 11) is 0. The van der Waals surface area contributed by atoms with Gasteiger partial charge in [-0.1, -0.05) is 88.9 Å². The zero-order valence-electron chi connectivity index (χ0n) is 22.1. The second-order valence-electron chi connectivity index (χ2n) is 10.1. The fourth-order valence-electron chi connectivity index (χ4n) is 4.95. The summed E-state index contributed by atoms with van der Waals surface area (Å²) in [5.41, 5.74) is 3.19. The predicted molar refractivity (Wildman–Crippen MR) is 155 cm³/mol. The third-order valence-corrected chi connectivity index (χ3v) is 7.53. The van der Waals surface area contributed by atoms with Gasteiger partial charge in [0, 0.05) is 29.9 Å². The highest BCUT2D eigenvalue weighted by Gasteiger charge is 2.32. The van der Waals surface area contributed by atoms with Crippen LogP contribution in [0.3, 0.4) is 0 Å². The van der Waals surface area contributed by atoms with Crippen LogP contribution in [0.4, 0.5) is 0 Å². The number of halogens is 1. The molecule has 1 aliphatic carbocycles. The molecule has 1 saturated carbocycles. The number of aryl methyl sites for hydroxylation is 1. The minimum absolute atomic E-state index is 0.0417. The standard InChI is InChI=1S/C32H37BrN2O3/c1-24-16-18-29(19-17-24)38-20-8-15-31(36)35(23-26-11-7-12-27(33)21-26)30(22-25-9-3-2-4-10-25)32(37)34-28-13-5-6-14-28/h2-4,7,9-12,16-19,21,28,30H,5-6,8,13-15,20,22-23H2,1H3,(H,34,37). The molecule has 0 saturated heterocycles. The Kier molecular flexibility index (Phi) is 10.4. The second kappa shape index (κ2) is 14.1. The molecule has 200 valence electrons. The number of ether oxygens (including phenoxy) is 1. The Labute approximate surface area is 234 Å². The predicted octanol–water partition coefficient (Wildman–Crippen LogP) is 6.62. The lowest BCUT2D eigenvalue weighted by Crippen LogP contribution is -2.52. The SMILES string of the molecule is Cc1ccc(OCCCC(=O)N(Cc2cccc(Br)c2)C(Cc2ccccc2)C(=O)NC2CCCC2)cc1. The molecule has 4 rings (SSSR count). The lowest BCUT2D eigenvalue weighted by atomic mass is 10.0. The summed E-state index contributed by atoms with van der Waals surface area (Å²) in [6.45, 7) is 2.85. The van der Waals surface area contributed by atoms with E-state index >= 15 is 0 Å². The molecule has 5 nitrogen and oxygen atoms in total. The molecule has 6 heteroatoms. The van der Waals surface area contributed by atoms with Gasteiger partial charge in [-0.05, 0) is 61.6 Å². The summed E-state index contributed by atoms with van der Waals surface area (Å²) in [4.78, 5) is 29.2. The van der Waals surface area contributed by atoms with Gasteiger partial charge < -0.3 is 15.0 Å². The highest BCUT2D eigenvalue weighted by Crippen LogP contribution is 2.22. The number of nitrogens with one attached hydrogen (secondary N) is 1. The summed E-state index contributed by atoms with van der Waals surface area (Å²) in [5.74, 6) is 0.687. The molecule has 3 aromatic rings. The number of hydrogen-bond acceptors (Lipinski definition) is 3. The monoisotopic (exact) mass is 576 g/mol. The number of benzene rings is 3. The van der Waals surface area contributed by atoms with Crippen molar-refractivity contribution < 1.29 is 14.3 Å². The van der Waals surface area contributed by atoms with Crippen molar-refractivity contribution in [1.82, 2.24) is 10.2 Å². The molecule has 0 spiro atoms. The molecule has 1 unspecified atom stereocenters. The fourth-order valence-corrected chi connectivity index (χ4v) is 5.39. The van der Waals surface area contributed by atoms with Crippen LogP contribution in [0.15, 0.2) is 83.3 Å². The van der Waals surface area contributed by atoms with Crippen LogP contribution in [0.5, 0.6) is 5.75 Å². The van der Waals surface area contributed by atoms with Crippen LogP contribution >= 0.6 is 15.9 Å². The Morgan fingerprint density at radius 3 is 2.39 bits per heavy atom. The van der Waals surface area contributed by atoms with E-state index in [0.29, 0.717) is 32.4 Å². The third-order valence-electron chi connectivity index (χ3n) is 7.04. The molecule has 0 radical (unpaired) electrons. The Bertz CT molecular complexity index is 1180. The lowest BCUT2D eigenvalue weighted by molar-refractivity contribution is -0.141. The van der Waals surface area contributed by atoms with Crippen molar-refractivity contribution in [2.45, 2.75) is 70.5 Å². The van der Waals surface area contributed by atoms with Crippen molar-refractivity contribution in [3.05, 3.63) is 100 Å². The van der Waals surface area contributed by atoms with Crippen molar-refractivity contribution in [1.29, 1.82) is 0 Å². The summed E-state index contributed by atoms with van der Waals surface area (Å²) < 4.78 is 6.81. The first-order chi connectivity index (χ1) is 18.5. The van der Waals surface area contributed by atoms with Gasteiger partial charge in [-0.2, -0.15) is 0 Å². The summed E-state index contributed by atoms with van der Waals surface area (Å²) in [5, 5.41) is 3.26. The van der Waals surface area contributed by atoms with E-state index in [4.69, 9.17) is 4.74 Å². The Morgan fingerprint density at radius 2 is 1.68 bits per heavy atom. The van der Waals surface area contributed by atoms with Gasteiger partial charge in [-0.3, -0.25) is 9.59 Å². The van der Waals surface area contributed by atoms with Crippen molar-refractivity contribution in [3.8, 4) is 5.75 Å². The van der Waals surface area contributed by atoms with Crippen LogP contribution in [0.25, 0.3) is 0 Å². The van der Waals surface area contributed by atoms with Gasteiger partial charge in [-0.25, -0.2) is 0 Å². The van der Waals surface area contributed by atoms with E-state index in [0.717, 1.165) is 47.0 Å². The summed E-state index contributed by atoms with van der Waals surface area (Å²) in [6, 6.07) is 25.4. The molecule has 1 fully saturated rings. The second-order valence-corrected chi connectivity index (χ2v) is 11.0. The summed E-state index contributed by atoms with van der Waals surface area (Å²) in [6.07, 6.45) is 5.62. The van der Waals surface area contributed by atoms with Gasteiger partial charge >= 0.3 is 0 Å². The van der Waals surface area contributed by atoms with Crippen molar-refractivity contribution in [3.63, 3.8) is 0 Å². The molecule has 1 aliphatic rings. The van der Waals surface area contributed by atoms with Gasteiger partial charge in [0.25, 0.3) is 0 Å². The maximum absolute atomic E-state index is 13.7. The molecule has 1 atom stereocenters. The molecular weight excluding hydrogens is 540 g/mol. The van der Waals surface area contributed by atoms with Crippen LogP contribution < -0.4 is 10.1 Å². The van der Waals surface area contributed by atoms with Gasteiger partial charge in [-0.15, -0.1) is 0 Å². The van der Waals surface area contributed by atoms with Gasteiger partial charge in [0.05, 0.1) is 6.61 Å². The minimum atomic E-state index is -0.595. The molecule has 0 aromatic heterocycles. The van der Waals surface area contributed by atoms with Gasteiger partial charge in [0.1, 0.15) is 11.8 Å². The molecular formula is C32H37BrN2O3. The van der Waals surface area contributed by atoms with E-state index in [1.807, 2.05) is 85.8 Å². The van der Waals surface area contributed by atoms with Crippen LogP contribution in [0.2, 0.25) is 0 Å². The van der Waals surface area contributed by atoms with Crippen LogP contribution in [0, 0.1) is 6.92 Å². The average Bonchev–Trinajstić information content (AvgIpc) is 3.43. The average molecular weight is 578 g/mol. The molecule has 0 heterocycles. The molecule has 2 amide bonds. The molecule has 3 aromatic carbocycles. The van der Waals surface area contributed by atoms with Crippen molar-refractivity contribution >= 4 is 27.7 Å². The van der Waals surface area contributed by atoms with E-state index < -0.39 is 6.04 Å². The van der Waals surface area contributed by atoms with E-state index in [2.05, 4.69) is 21.2 Å². The highest BCUT2D eigenvalue weighted by atomic mass is 79.9. The maximum atomic E-state index is 13.7. The zero-order valence-corrected chi connectivity index (χ0v) is 23.7. The topological polar surface area (TPSA) is 58.6 Å². The number of hydrogen-bond donors (Lipinski definition) is 1. The van der Waals surface area contributed by atoms with E-state index in [-0.39, 0.29) is 17.9 Å². The molecule has 0 bridgehead atoms. The van der Waals surface area contributed by atoms with Crippen molar-refractivity contribution in [2.24, 2.45) is 0 Å². The quantitative estimate of drug-likeness (QED) is 0.247. The van der Waals surface area contributed by atoms with Crippen LogP contribution in [0.1, 0.15) is 55.2 Å². The van der Waals surface area contributed by atoms with E-state index in [9.17, 15) is 9.59 Å². The highest BCUT2D eigenvalue weighted by molar-refractivity contribution is 9.10. The molecule has 1 N–H and O–H groups in total. The number of nitrogens with zero attached hydrogens (tertiary/aromatic N) is 1. The molecule has 0 aliphatic heterocycles. The maximum Gasteiger partial charge on any atom is 0.243 e. The number of carbonyl (C=O) groups excluding carboxylic acids is 2. The first kappa shape index (κ1) is 27.9. The molecule has 38 heavy (non-hydrogen) atoms. The van der Waals surface area contributed by atoms with E-state index in [1.165, 1.54) is 5.56 Å². The fraction of sp³-hybridized carbons (Fsp3) is 0.375. The van der Waals surface area contributed by atoms with Gasteiger partial charge in [0.2, 0.25) is 11.8 Å². The number of amides is 2. The Hall–Kier alpha value is -3.12. The lowest BCUT2D eigenvalue weighted by Gasteiger charge is -2.32. The van der Waals surface area contributed by atoms with Crippen LogP contribution in [-0.4, -0.2) is 35.4 Å². The van der Waals surface area contributed by atoms with Crippen LogP contribution in [-0.2, 0) is 22.6 Å². The Morgan fingerprint density at radius 1 is 0.974 bits per heavy atom. The smallest absolute Gasteiger partial charge is 0.243 e. The first-order valence-electron chi connectivity index (χ1n) is 13.6. The third kappa shape index (κ3) is 8.45. The van der Waals surface area contributed by atoms with Crippen molar-refractivity contribution in [2.75, 3.05) is 6.61 Å². The number of rotatable bonds is 12. The van der Waals surface area contributed by atoms with Gasteiger partial charge in [0.15, 0.2) is 0 Å². The largest absolute Gasteiger partial charge is 0.494 e. The normalized spacial score (nSPS) is 14.2. The zero-order chi connectivity index (χ0) is 26.7. The first-order valence-corrected chi connectivity index (χ1v) is 14.3. The Balaban J connectivity index is 1.51. The number of carbonyl (C=O) groups is 2. The minimum Gasteiger partial charge on any atom is -0.494 e. The van der Waals surface area contributed by atoms with E-state index in [1.54, 1.807) is 4.90 Å². The summed E-state index contributed by atoms with van der Waals surface area (Å²) >= 11 is 3.55.